The highest BCUT2D eigenvalue weighted by molar-refractivity contribution is 7.22. The van der Waals surface area contributed by atoms with Crippen molar-refractivity contribution in [3.63, 3.8) is 0 Å². The molecule has 2 aromatic heterocycles. The summed E-state index contributed by atoms with van der Waals surface area (Å²) in [5, 5.41) is 4.67. The number of carbonyl (C=O) groups excluding carboxylic acids is 1. The molecule has 9 heteroatoms. The first kappa shape index (κ1) is 24.2. The molecule has 34 heavy (non-hydrogen) atoms. The number of fused-ring (bicyclic) bond motifs is 2. The van der Waals surface area contributed by atoms with Gasteiger partial charge in [0.25, 0.3) is 5.91 Å². The van der Waals surface area contributed by atoms with Crippen LogP contribution in [0.5, 0.6) is 0 Å². The molecule has 0 atom stereocenters. The Balaban J connectivity index is 0.00000274. The summed E-state index contributed by atoms with van der Waals surface area (Å²) in [7, 11) is 0. The van der Waals surface area contributed by atoms with Crippen molar-refractivity contribution in [3.05, 3.63) is 70.1 Å². The van der Waals surface area contributed by atoms with E-state index in [1.165, 1.54) is 10.3 Å². The largest absolute Gasteiger partial charge is 0.422 e. The van der Waals surface area contributed by atoms with E-state index in [1.807, 2.05) is 12.1 Å². The molecule has 0 saturated carbocycles. The van der Waals surface area contributed by atoms with Crippen LogP contribution in [-0.2, 0) is 6.42 Å². The minimum Gasteiger partial charge on any atom is -0.422 e. The zero-order valence-electron chi connectivity index (χ0n) is 19.0. The summed E-state index contributed by atoms with van der Waals surface area (Å²) >= 11 is 1.76. The molecule has 1 aliphatic heterocycles. The number of hydrogen-bond acceptors (Lipinski definition) is 7. The molecule has 2 aromatic carbocycles. The van der Waals surface area contributed by atoms with Crippen molar-refractivity contribution < 1.29 is 9.21 Å². The Hall–Kier alpha value is -2.94. The van der Waals surface area contributed by atoms with Gasteiger partial charge in [-0.2, -0.15) is 0 Å². The number of halogens is 1. The molecule has 5 rings (SSSR count). The maximum Gasteiger partial charge on any atom is 0.349 e. The molecular weight excluding hydrogens is 472 g/mol. The number of carbonyl (C=O) groups is 1. The first-order valence-electron chi connectivity index (χ1n) is 11.3. The minimum absolute atomic E-state index is 0. The van der Waals surface area contributed by atoms with Crippen LogP contribution in [0.3, 0.4) is 0 Å². The van der Waals surface area contributed by atoms with Gasteiger partial charge in [-0.1, -0.05) is 42.5 Å². The quantitative estimate of drug-likeness (QED) is 0.406. The van der Waals surface area contributed by atoms with Gasteiger partial charge >= 0.3 is 5.63 Å². The number of aryl methyl sites for hydroxylation is 1. The first-order valence-corrected chi connectivity index (χ1v) is 12.1. The molecule has 0 spiro atoms. The number of nitrogens with one attached hydrogen (secondary N) is 1. The number of benzene rings is 2. The number of amides is 1. The topological polar surface area (TPSA) is 78.7 Å². The van der Waals surface area contributed by atoms with Crippen LogP contribution in [0.15, 0.2) is 57.7 Å². The third-order valence-corrected chi connectivity index (χ3v) is 7.17. The lowest BCUT2D eigenvalue weighted by atomic mass is 10.2. The Bertz CT molecular complexity index is 1360. The van der Waals surface area contributed by atoms with Crippen molar-refractivity contribution in [2.75, 3.05) is 44.2 Å². The molecule has 1 fully saturated rings. The van der Waals surface area contributed by atoms with Crippen molar-refractivity contribution >= 4 is 56.0 Å². The summed E-state index contributed by atoms with van der Waals surface area (Å²) in [5.74, 6) is -0.394. The standard InChI is InChI=1S/C25H26N4O3S.ClH/c1-2-17-7-8-20-22(15-17)33-25(27-20)29-13-11-28(12-14-29)10-9-26-23(30)19-16-18-5-3-4-6-21(18)32-24(19)31;/h3-8,15-16H,2,9-14H2,1H3,(H,26,30);1H. The second kappa shape index (κ2) is 10.5. The average molecular weight is 499 g/mol. The van der Waals surface area contributed by atoms with Gasteiger partial charge in [-0.15, -0.1) is 12.4 Å². The molecule has 1 amide bonds. The summed E-state index contributed by atoms with van der Waals surface area (Å²) in [4.78, 5) is 34.2. The smallest absolute Gasteiger partial charge is 0.349 e. The number of nitrogens with zero attached hydrogens (tertiary/aromatic N) is 3. The maximum atomic E-state index is 12.5. The Kier molecular flexibility index (Phi) is 7.50. The van der Waals surface area contributed by atoms with Gasteiger partial charge in [0.05, 0.1) is 10.2 Å². The Labute approximate surface area is 207 Å². The Morgan fingerprint density at radius 2 is 1.91 bits per heavy atom. The van der Waals surface area contributed by atoms with E-state index in [-0.39, 0.29) is 18.0 Å². The van der Waals surface area contributed by atoms with E-state index in [0.717, 1.165) is 55.2 Å². The summed E-state index contributed by atoms with van der Waals surface area (Å²) in [5.41, 5.74) is 2.32. The highest BCUT2D eigenvalue weighted by atomic mass is 35.5. The van der Waals surface area contributed by atoms with E-state index in [1.54, 1.807) is 29.5 Å². The fraction of sp³-hybridized carbons (Fsp3) is 0.320. The molecule has 1 N–H and O–H groups in total. The van der Waals surface area contributed by atoms with Crippen LogP contribution in [0.1, 0.15) is 22.8 Å². The summed E-state index contributed by atoms with van der Waals surface area (Å²) < 4.78 is 6.50. The lowest BCUT2D eigenvalue weighted by Crippen LogP contribution is -2.48. The van der Waals surface area contributed by atoms with Crippen molar-refractivity contribution in [1.82, 2.24) is 15.2 Å². The summed E-state index contributed by atoms with van der Waals surface area (Å²) in [6, 6.07) is 15.3. The Morgan fingerprint density at radius 1 is 1.12 bits per heavy atom. The molecule has 178 valence electrons. The van der Waals surface area contributed by atoms with Gasteiger partial charge in [0.2, 0.25) is 0 Å². The molecular formula is C25H27ClN4O3S. The molecule has 7 nitrogen and oxygen atoms in total. The van der Waals surface area contributed by atoms with Crippen molar-refractivity contribution in [2.45, 2.75) is 13.3 Å². The van der Waals surface area contributed by atoms with Crippen LogP contribution in [0, 0.1) is 0 Å². The molecule has 0 unspecified atom stereocenters. The predicted octanol–water partition coefficient (Wildman–Crippen LogP) is 3.94. The maximum absolute atomic E-state index is 12.5. The fourth-order valence-electron chi connectivity index (χ4n) is 4.12. The van der Waals surface area contributed by atoms with Crippen LogP contribution in [0.2, 0.25) is 0 Å². The molecule has 0 bridgehead atoms. The molecule has 0 radical (unpaired) electrons. The van der Waals surface area contributed by atoms with Crippen molar-refractivity contribution in [1.29, 1.82) is 0 Å². The number of para-hydroxylation sites is 1. The Morgan fingerprint density at radius 3 is 2.71 bits per heavy atom. The summed E-state index contributed by atoms with van der Waals surface area (Å²) in [6.45, 7) is 7.01. The zero-order valence-corrected chi connectivity index (χ0v) is 20.6. The van der Waals surface area contributed by atoms with Crippen LogP contribution in [0.25, 0.3) is 21.2 Å². The lowest BCUT2D eigenvalue weighted by molar-refractivity contribution is 0.0944. The number of rotatable bonds is 6. The van der Waals surface area contributed by atoms with Crippen LogP contribution in [-0.4, -0.2) is 55.1 Å². The van der Waals surface area contributed by atoms with E-state index >= 15 is 0 Å². The molecule has 0 aliphatic carbocycles. The second-order valence-electron chi connectivity index (χ2n) is 8.22. The van der Waals surface area contributed by atoms with Crippen LogP contribution < -0.4 is 15.8 Å². The van der Waals surface area contributed by atoms with Gasteiger partial charge < -0.3 is 14.6 Å². The first-order chi connectivity index (χ1) is 16.1. The lowest BCUT2D eigenvalue weighted by Gasteiger charge is -2.34. The number of anilines is 1. The van der Waals surface area contributed by atoms with Gasteiger partial charge in [-0.3, -0.25) is 9.69 Å². The van der Waals surface area contributed by atoms with E-state index in [0.29, 0.717) is 12.1 Å². The van der Waals surface area contributed by atoms with Gasteiger partial charge in [0.1, 0.15) is 11.1 Å². The number of hydrogen-bond donors (Lipinski definition) is 1. The average Bonchev–Trinajstić information content (AvgIpc) is 3.27. The monoisotopic (exact) mass is 498 g/mol. The van der Waals surface area contributed by atoms with Crippen LogP contribution in [0.4, 0.5) is 5.13 Å². The zero-order chi connectivity index (χ0) is 22.8. The third-order valence-electron chi connectivity index (χ3n) is 6.09. The van der Waals surface area contributed by atoms with Gasteiger partial charge in [-0.25, -0.2) is 9.78 Å². The highest BCUT2D eigenvalue weighted by Gasteiger charge is 2.20. The molecule has 3 heterocycles. The number of thiazole rings is 1. The van der Waals surface area contributed by atoms with Gasteiger partial charge in [-0.05, 0) is 36.2 Å². The molecule has 1 saturated heterocycles. The number of aromatic nitrogens is 1. The van der Waals surface area contributed by atoms with Crippen molar-refractivity contribution in [3.8, 4) is 0 Å². The van der Waals surface area contributed by atoms with Gasteiger partial charge in [0, 0.05) is 44.7 Å². The van der Waals surface area contributed by atoms with E-state index in [9.17, 15) is 9.59 Å². The van der Waals surface area contributed by atoms with E-state index < -0.39 is 11.5 Å². The van der Waals surface area contributed by atoms with Gasteiger partial charge in [0.15, 0.2) is 5.13 Å². The molecule has 1 aliphatic rings. The fourth-order valence-corrected chi connectivity index (χ4v) is 5.20. The second-order valence-corrected chi connectivity index (χ2v) is 9.23. The minimum atomic E-state index is -0.610. The van der Waals surface area contributed by atoms with E-state index in [2.05, 4.69) is 40.2 Å². The summed E-state index contributed by atoms with van der Waals surface area (Å²) in [6.07, 6.45) is 1.03. The van der Waals surface area contributed by atoms with Crippen molar-refractivity contribution in [2.24, 2.45) is 0 Å². The SMILES string of the molecule is CCc1ccc2nc(N3CCN(CCNC(=O)c4cc5ccccc5oc4=O)CC3)sc2c1.Cl. The third kappa shape index (κ3) is 5.09. The van der Waals surface area contributed by atoms with E-state index in [4.69, 9.17) is 9.40 Å². The van der Waals surface area contributed by atoms with Crippen LogP contribution >= 0.6 is 23.7 Å². The normalized spacial score (nSPS) is 14.3. The number of piperazine rings is 1. The highest BCUT2D eigenvalue weighted by Crippen LogP contribution is 2.30. The predicted molar refractivity (Wildman–Crippen MR) is 140 cm³/mol. The molecule has 4 aromatic rings.